The molecule has 1 aromatic heterocycles. The van der Waals surface area contributed by atoms with Gasteiger partial charge in [-0.25, -0.2) is 9.67 Å². The fraction of sp³-hybridized carbons (Fsp3) is 0.154. The number of hydrogen-bond acceptors (Lipinski definition) is 4. The number of rotatable bonds is 6. The molecule has 0 aliphatic heterocycles. The van der Waals surface area contributed by atoms with Gasteiger partial charge in [0.1, 0.15) is 12.7 Å². The van der Waals surface area contributed by atoms with E-state index in [1.807, 2.05) is 80.6 Å². The molecule has 0 atom stereocenters. The van der Waals surface area contributed by atoms with Gasteiger partial charge in [0.05, 0.1) is 18.0 Å². The Kier molecular flexibility index (Phi) is 5.46. The quantitative estimate of drug-likeness (QED) is 0.421. The van der Waals surface area contributed by atoms with Crippen LogP contribution in [0.25, 0.3) is 11.1 Å². The van der Waals surface area contributed by atoms with Gasteiger partial charge in [-0.2, -0.15) is 10.4 Å². The molecule has 0 saturated carbocycles. The maximum Gasteiger partial charge on any atom is 0.193 e. The normalized spacial score (nSPS) is 11.1. The van der Waals surface area contributed by atoms with Crippen molar-refractivity contribution in [1.29, 1.82) is 5.26 Å². The molecule has 0 aliphatic carbocycles. The van der Waals surface area contributed by atoms with Crippen LogP contribution in [-0.2, 0) is 12.0 Å². The molecule has 0 saturated heterocycles. The van der Waals surface area contributed by atoms with Gasteiger partial charge in [-0.05, 0) is 54.3 Å². The minimum absolute atomic E-state index is 0.0150. The zero-order valence-corrected chi connectivity index (χ0v) is 17.5. The van der Waals surface area contributed by atoms with Crippen LogP contribution in [0.3, 0.4) is 0 Å². The van der Waals surface area contributed by atoms with E-state index >= 15 is 0 Å². The van der Waals surface area contributed by atoms with Gasteiger partial charge in [-0.1, -0.05) is 54.6 Å². The third-order valence-electron chi connectivity index (χ3n) is 5.30. The van der Waals surface area contributed by atoms with Gasteiger partial charge in [0, 0.05) is 11.1 Å². The van der Waals surface area contributed by atoms with E-state index in [0.29, 0.717) is 17.7 Å². The minimum Gasteiger partial charge on any atom is -0.289 e. The van der Waals surface area contributed by atoms with Crippen LogP contribution < -0.4 is 0 Å². The third kappa shape index (κ3) is 4.44. The second kappa shape index (κ2) is 8.37. The molecule has 4 aromatic rings. The van der Waals surface area contributed by atoms with Gasteiger partial charge in [0.25, 0.3) is 0 Å². The van der Waals surface area contributed by atoms with Gasteiger partial charge in [0.2, 0.25) is 0 Å². The van der Waals surface area contributed by atoms with Crippen LogP contribution in [0, 0.1) is 11.3 Å². The molecule has 5 heteroatoms. The zero-order chi connectivity index (χ0) is 21.8. The summed E-state index contributed by atoms with van der Waals surface area (Å²) in [5.41, 5.74) is 4.46. The van der Waals surface area contributed by atoms with Crippen LogP contribution in [0.5, 0.6) is 0 Å². The Morgan fingerprint density at radius 2 is 1.74 bits per heavy atom. The van der Waals surface area contributed by atoms with Crippen molar-refractivity contribution in [2.24, 2.45) is 0 Å². The first kappa shape index (κ1) is 20.2. The van der Waals surface area contributed by atoms with Crippen LogP contribution in [0.2, 0.25) is 0 Å². The topological polar surface area (TPSA) is 71.6 Å². The fourth-order valence-corrected chi connectivity index (χ4v) is 3.47. The van der Waals surface area contributed by atoms with Crippen molar-refractivity contribution >= 4 is 5.78 Å². The number of carbonyl (C=O) groups excluding carboxylic acids is 1. The molecular formula is C26H22N4O. The van der Waals surface area contributed by atoms with Crippen molar-refractivity contribution in [3.05, 3.63) is 108 Å². The summed E-state index contributed by atoms with van der Waals surface area (Å²) in [5, 5.41) is 13.9. The van der Waals surface area contributed by atoms with Crippen molar-refractivity contribution in [3.8, 4) is 17.2 Å². The van der Waals surface area contributed by atoms with Crippen LogP contribution in [0.1, 0.15) is 40.9 Å². The highest BCUT2D eigenvalue weighted by atomic mass is 16.1. The summed E-state index contributed by atoms with van der Waals surface area (Å²) in [7, 11) is 0. The molecule has 0 unspecified atom stereocenters. The standard InChI is InChI=1S/C26H22N4O/c1-26(2,16-27)24-12-19(15-30-18-28-17-29-30)11-23(14-24)21-9-6-10-22(13-21)25(31)20-7-4-3-5-8-20/h3-14,17-18H,15H2,1-2H3. The van der Waals surface area contributed by atoms with Crippen LogP contribution >= 0.6 is 0 Å². The smallest absolute Gasteiger partial charge is 0.193 e. The Morgan fingerprint density at radius 3 is 2.45 bits per heavy atom. The van der Waals surface area contributed by atoms with Crippen molar-refractivity contribution in [2.75, 3.05) is 0 Å². The second-order valence-corrected chi connectivity index (χ2v) is 8.02. The molecule has 4 rings (SSSR count). The van der Waals surface area contributed by atoms with Crippen LogP contribution in [-0.4, -0.2) is 20.5 Å². The first-order chi connectivity index (χ1) is 15.0. The number of nitriles is 1. The predicted molar refractivity (Wildman–Crippen MR) is 120 cm³/mol. The van der Waals surface area contributed by atoms with Crippen molar-refractivity contribution in [3.63, 3.8) is 0 Å². The Morgan fingerprint density at radius 1 is 0.968 bits per heavy atom. The van der Waals surface area contributed by atoms with Gasteiger partial charge < -0.3 is 0 Å². The molecule has 0 aliphatic rings. The van der Waals surface area contributed by atoms with Gasteiger partial charge >= 0.3 is 0 Å². The number of nitrogens with zero attached hydrogens (tertiary/aromatic N) is 4. The molecule has 0 bridgehead atoms. The zero-order valence-electron chi connectivity index (χ0n) is 17.5. The maximum absolute atomic E-state index is 12.9. The average Bonchev–Trinajstić information content (AvgIpc) is 3.32. The molecule has 0 radical (unpaired) electrons. The van der Waals surface area contributed by atoms with E-state index in [0.717, 1.165) is 22.3 Å². The first-order valence-electron chi connectivity index (χ1n) is 10.0. The second-order valence-electron chi connectivity index (χ2n) is 8.02. The summed E-state index contributed by atoms with van der Waals surface area (Å²) in [5.74, 6) is -0.0150. The average molecular weight is 406 g/mol. The highest BCUT2D eigenvalue weighted by Gasteiger charge is 2.21. The SMILES string of the molecule is CC(C)(C#N)c1cc(Cn2cncn2)cc(-c2cccc(C(=O)c3ccccc3)c2)c1. The molecule has 152 valence electrons. The maximum atomic E-state index is 12.9. The lowest BCUT2D eigenvalue weighted by Crippen LogP contribution is -2.15. The first-order valence-corrected chi connectivity index (χ1v) is 10.0. The Labute approximate surface area is 181 Å². The van der Waals surface area contributed by atoms with Gasteiger partial charge in [-0.3, -0.25) is 4.79 Å². The summed E-state index contributed by atoms with van der Waals surface area (Å²) >= 11 is 0. The monoisotopic (exact) mass is 406 g/mol. The number of aromatic nitrogens is 3. The summed E-state index contributed by atoms with van der Waals surface area (Å²) in [4.78, 5) is 16.9. The number of hydrogen-bond donors (Lipinski definition) is 0. The summed E-state index contributed by atoms with van der Waals surface area (Å²) in [6.45, 7) is 4.35. The minimum atomic E-state index is -0.648. The van der Waals surface area contributed by atoms with Crippen molar-refractivity contribution < 1.29 is 4.79 Å². The molecule has 0 amide bonds. The largest absolute Gasteiger partial charge is 0.289 e. The third-order valence-corrected chi connectivity index (χ3v) is 5.30. The molecule has 0 spiro atoms. The Balaban J connectivity index is 1.77. The van der Waals surface area contributed by atoms with E-state index in [1.54, 1.807) is 11.0 Å². The molecule has 3 aromatic carbocycles. The fourth-order valence-electron chi connectivity index (χ4n) is 3.47. The van der Waals surface area contributed by atoms with E-state index in [1.165, 1.54) is 6.33 Å². The van der Waals surface area contributed by atoms with E-state index in [9.17, 15) is 10.1 Å². The van der Waals surface area contributed by atoms with Crippen molar-refractivity contribution in [2.45, 2.75) is 25.8 Å². The molecule has 31 heavy (non-hydrogen) atoms. The lowest BCUT2D eigenvalue weighted by molar-refractivity contribution is 0.103. The molecule has 0 fully saturated rings. The van der Waals surface area contributed by atoms with Crippen LogP contribution in [0.15, 0.2) is 85.5 Å². The molecular weight excluding hydrogens is 384 g/mol. The number of ketones is 1. The lowest BCUT2D eigenvalue weighted by atomic mass is 9.83. The highest BCUT2D eigenvalue weighted by molar-refractivity contribution is 6.09. The Bertz CT molecular complexity index is 1250. The number of benzene rings is 3. The summed E-state index contributed by atoms with van der Waals surface area (Å²) < 4.78 is 1.75. The Hall–Kier alpha value is -4.04. The summed E-state index contributed by atoms with van der Waals surface area (Å²) in [6.07, 6.45) is 3.17. The van der Waals surface area contributed by atoms with Crippen molar-refractivity contribution in [1.82, 2.24) is 14.8 Å². The number of carbonyl (C=O) groups is 1. The predicted octanol–water partition coefficient (Wildman–Crippen LogP) is 5.03. The lowest BCUT2D eigenvalue weighted by Gasteiger charge is -2.19. The summed E-state index contributed by atoms with van der Waals surface area (Å²) in [6, 6.07) is 25.4. The molecule has 1 heterocycles. The van der Waals surface area contributed by atoms with E-state index in [4.69, 9.17) is 0 Å². The van der Waals surface area contributed by atoms with Gasteiger partial charge in [0.15, 0.2) is 5.78 Å². The van der Waals surface area contributed by atoms with E-state index in [-0.39, 0.29) is 5.78 Å². The highest BCUT2D eigenvalue weighted by Crippen LogP contribution is 2.30. The van der Waals surface area contributed by atoms with E-state index in [2.05, 4.69) is 22.2 Å². The van der Waals surface area contributed by atoms with Gasteiger partial charge in [-0.15, -0.1) is 0 Å². The molecule has 0 N–H and O–H groups in total. The molecule has 5 nitrogen and oxygen atoms in total. The van der Waals surface area contributed by atoms with Crippen LogP contribution in [0.4, 0.5) is 0 Å². The van der Waals surface area contributed by atoms with E-state index < -0.39 is 5.41 Å².